The molecular formula is C19H16N2O7. The van der Waals surface area contributed by atoms with Crippen LogP contribution in [0, 0.1) is 6.92 Å². The normalized spacial score (nSPS) is 16.6. The average Bonchev–Trinajstić information content (AvgIpc) is 3.38. The standard InChI is InChI=1S/C19H16N2O7/c1-10-5-15-16(27-9-26-15)7-11(10)6-13-17(22)21(19(24)20-13)8-12-3-4-14(28-12)18(23)25-2/h3-7H,8-9H2,1-2H3,(H,20,24)/b13-6-. The molecule has 9 heteroatoms. The van der Waals surface area contributed by atoms with E-state index < -0.39 is 17.9 Å². The Morgan fingerprint density at radius 2 is 2.00 bits per heavy atom. The topological polar surface area (TPSA) is 107 Å². The van der Waals surface area contributed by atoms with Crippen molar-refractivity contribution in [3.63, 3.8) is 0 Å². The van der Waals surface area contributed by atoms with Gasteiger partial charge in [-0.1, -0.05) is 0 Å². The van der Waals surface area contributed by atoms with Crippen molar-refractivity contribution in [3.8, 4) is 11.5 Å². The van der Waals surface area contributed by atoms with E-state index in [0.717, 1.165) is 16.0 Å². The lowest BCUT2D eigenvalue weighted by Crippen LogP contribution is -2.30. The van der Waals surface area contributed by atoms with Gasteiger partial charge >= 0.3 is 12.0 Å². The molecule has 2 aromatic rings. The second-order valence-corrected chi connectivity index (χ2v) is 6.20. The first kappa shape index (κ1) is 17.7. The van der Waals surface area contributed by atoms with Crippen LogP contribution in [0.3, 0.4) is 0 Å². The second kappa shape index (κ2) is 6.76. The molecule has 9 nitrogen and oxygen atoms in total. The summed E-state index contributed by atoms with van der Waals surface area (Å²) in [5.74, 6) is 0.361. The molecule has 2 aliphatic rings. The third kappa shape index (κ3) is 3.07. The highest BCUT2D eigenvalue weighted by Crippen LogP contribution is 2.35. The average molecular weight is 384 g/mol. The summed E-state index contributed by atoms with van der Waals surface area (Å²) in [5, 5.41) is 2.55. The zero-order valence-corrected chi connectivity index (χ0v) is 15.1. The number of ether oxygens (including phenoxy) is 3. The molecular weight excluding hydrogens is 368 g/mol. The number of nitrogens with zero attached hydrogens (tertiary/aromatic N) is 1. The number of benzene rings is 1. The number of carbonyl (C=O) groups is 3. The van der Waals surface area contributed by atoms with Crippen molar-refractivity contribution in [2.45, 2.75) is 13.5 Å². The van der Waals surface area contributed by atoms with Crippen LogP contribution in [0.25, 0.3) is 6.08 Å². The van der Waals surface area contributed by atoms with Gasteiger partial charge in [-0.05, 0) is 48.4 Å². The number of carbonyl (C=O) groups excluding carboxylic acids is 3. The maximum absolute atomic E-state index is 12.7. The van der Waals surface area contributed by atoms with Crippen LogP contribution >= 0.6 is 0 Å². The van der Waals surface area contributed by atoms with Gasteiger partial charge in [0.05, 0.1) is 13.7 Å². The number of amides is 3. The first-order valence-electron chi connectivity index (χ1n) is 8.38. The third-order valence-electron chi connectivity index (χ3n) is 4.39. The fourth-order valence-electron chi connectivity index (χ4n) is 2.91. The van der Waals surface area contributed by atoms with Crippen molar-refractivity contribution in [2.75, 3.05) is 13.9 Å². The molecule has 1 saturated heterocycles. The minimum absolute atomic E-state index is 0.00342. The molecule has 0 radical (unpaired) electrons. The van der Waals surface area contributed by atoms with Crippen LogP contribution in [0.15, 0.2) is 34.4 Å². The molecule has 144 valence electrons. The van der Waals surface area contributed by atoms with Crippen molar-refractivity contribution in [2.24, 2.45) is 0 Å². The zero-order valence-electron chi connectivity index (χ0n) is 15.1. The third-order valence-corrected chi connectivity index (χ3v) is 4.39. The Bertz CT molecular complexity index is 1020. The van der Waals surface area contributed by atoms with Gasteiger partial charge < -0.3 is 23.9 Å². The highest BCUT2D eigenvalue weighted by Gasteiger charge is 2.34. The smallest absolute Gasteiger partial charge is 0.373 e. The monoisotopic (exact) mass is 384 g/mol. The van der Waals surface area contributed by atoms with Gasteiger partial charge in [-0.2, -0.15) is 0 Å². The summed E-state index contributed by atoms with van der Waals surface area (Å²) in [7, 11) is 1.23. The number of esters is 1. The van der Waals surface area contributed by atoms with E-state index in [1.54, 1.807) is 12.1 Å². The van der Waals surface area contributed by atoms with Crippen molar-refractivity contribution in [1.29, 1.82) is 0 Å². The molecule has 1 fully saturated rings. The molecule has 0 saturated carbocycles. The Morgan fingerprint density at radius 3 is 2.75 bits per heavy atom. The van der Waals surface area contributed by atoms with Gasteiger partial charge in [0, 0.05) is 0 Å². The van der Waals surface area contributed by atoms with Gasteiger partial charge in [0.15, 0.2) is 11.5 Å². The molecule has 28 heavy (non-hydrogen) atoms. The molecule has 0 spiro atoms. The predicted octanol–water partition coefficient (Wildman–Crippen LogP) is 2.20. The number of methoxy groups -OCH3 is 1. The summed E-state index contributed by atoms with van der Waals surface area (Å²) in [6, 6.07) is 5.92. The summed E-state index contributed by atoms with van der Waals surface area (Å²) in [6.45, 7) is 1.90. The number of urea groups is 1. The number of nitrogens with one attached hydrogen (secondary N) is 1. The van der Waals surface area contributed by atoms with Gasteiger partial charge in [-0.15, -0.1) is 0 Å². The number of aryl methyl sites for hydroxylation is 1. The van der Waals surface area contributed by atoms with Crippen LogP contribution in [-0.2, 0) is 16.1 Å². The summed E-state index contributed by atoms with van der Waals surface area (Å²) in [5.41, 5.74) is 1.72. The van der Waals surface area contributed by atoms with Gasteiger partial charge in [-0.3, -0.25) is 9.69 Å². The lowest BCUT2D eigenvalue weighted by Gasteiger charge is -2.09. The Hall–Kier alpha value is -3.75. The van der Waals surface area contributed by atoms with E-state index in [4.69, 9.17) is 13.9 Å². The predicted molar refractivity (Wildman–Crippen MR) is 94.4 cm³/mol. The van der Waals surface area contributed by atoms with Crippen LogP contribution in [-0.4, -0.2) is 36.7 Å². The van der Waals surface area contributed by atoms with Crippen molar-refractivity contribution >= 4 is 24.0 Å². The molecule has 0 aliphatic carbocycles. The van der Waals surface area contributed by atoms with E-state index in [0.29, 0.717) is 11.5 Å². The van der Waals surface area contributed by atoms with Crippen LogP contribution in [0.2, 0.25) is 0 Å². The van der Waals surface area contributed by atoms with Crippen LogP contribution in [0.5, 0.6) is 11.5 Å². The van der Waals surface area contributed by atoms with E-state index in [1.807, 2.05) is 13.0 Å². The fourth-order valence-corrected chi connectivity index (χ4v) is 2.91. The van der Waals surface area contributed by atoms with E-state index in [9.17, 15) is 14.4 Å². The van der Waals surface area contributed by atoms with Gasteiger partial charge in [0.1, 0.15) is 11.5 Å². The largest absolute Gasteiger partial charge is 0.463 e. The molecule has 1 aromatic heterocycles. The molecule has 3 heterocycles. The van der Waals surface area contributed by atoms with Gasteiger partial charge in [0.2, 0.25) is 12.6 Å². The summed E-state index contributed by atoms with van der Waals surface area (Å²) < 4.78 is 20.6. The van der Waals surface area contributed by atoms with E-state index in [1.165, 1.54) is 19.2 Å². The lowest BCUT2D eigenvalue weighted by atomic mass is 10.1. The Morgan fingerprint density at radius 1 is 1.25 bits per heavy atom. The Kier molecular flexibility index (Phi) is 4.26. The minimum Gasteiger partial charge on any atom is -0.463 e. The highest BCUT2D eigenvalue weighted by atomic mass is 16.7. The molecule has 3 amide bonds. The van der Waals surface area contributed by atoms with Crippen LogP contribution < -0.4 is 14.8 Å². The van der Waals surface area contributed by atoms with Gasteiger partial charge in [-0.25, -0.2) is 9.59 Å². The summed E-state index contributed by atoms with van der Waals surface area (Å²) in [4.78, 5) is 37.3. The molecule has 0 bridgehead atoms. The Balaban J connectivity index is 1.55. The molecule has 4 rings (SSSR count). The van der Waals surface area contributed by atoms with Crippen molar-refractivity contribution < 1.29 is 33.0 Å². The summed E-state index contributed by atoms with van der Waals surface area (Å²) >= 11 is 0. The van der Waals surface area contributed by atoms with Crippen molar-refractivity contribution in [1.82, 2.24) is 10.2 Å². The maximum atomic E-state index is 12.7. The van der Waals surface area contributed by atoms with E-state index in [-0.39, 0.29) is 30.6 Å². The molecule has 2 aliphatic heterocycles. The molecule has 1 aromatic carbocycles. The van der Waals surface area contributed by atoms with E-state index >= 15 is 0 Å². The first-order chi connectivity index (χ1) is 13.5. The second-order valence-electron chi connectivity index (χ2n) is 6.20. The minimum atomic E-state index is -0.637. The molecule has 0 atom stereocenters. The fraction of sp³-hybridized carbons (Fsp3) is 0.211. The van der Waals surface area contributed by atoms with Gasteiger partial charge in [0.25, 0.3) is 5.91 Å². The Labute approximate surface area is 159 Å². The number of rotatable bonds is 4. The number of hydrogen-bond donors (Lipinski definition) is 1. The number of hydrogen-bond acceptors (Lipinski definition) is 7. The van der Waals surface area contributed by atoms with Crippen molar-refractivity contribution in [3.05, 3.63) is 52.6 Å². The van der Waals surface area contributed by atoms with Crippen LogP contribution in [0.4, 0.5) is 4.79 Å². The SMILES string of the molecule is COC(=O)c1ccc(CN2C(=O)N/C(=C\c3cc4c(cc3C)OCO4)C2=O)o1. The number of imide groups is 1. The first-order valence-corrected chi connectivity index (χ1v) is 8.38. The van der Waals surface area contributed by atoms with E-state index in [2.05, 4.69) is 10.1 Å². The summed E-state index contributed by atoms with van der Waals surface area (Å²) in [6.07, 6.45) is 1.58. The quantitative estimate of drug-likeness (QED) is 0.489. The molecule has 0 unspecified atom stereocenters. The molecule has 1 N–H and O–H groups in total. The number of fused-ring (bicyclic) bond motifs is 1. The van der Waals surface area contributed by atoms with Crippen LogP contribution in [0.1, 0.15) is 27.4 Å². The maximum Gasteiger partial charge on any atom is 0.373 e. The highest BCUT2D eigenvalue weighted by molar-refractivity contribution is 6.14. The lowest BCUT2D eigenvalue weighted by molar-refractivity contribution is -0.123. The zero-order chi connectivity index (χ0) is 19.8. The number of furan rings is 1.